The van der Waals surface area contributed by atoms with Crippen LogP contribution in [0, 0.1) is 30.1 Å². The highest BCUT2D eigenvalue weighted by atomic mass is 15.2. The Morgan fingerprint density at radius 2 is 1.65 bits per heavy atom. The highest BCUT2D eigenvalue weighted by Crippen LogP contribution is 2.37. The topological polar surface area (TPSA) is 3.24 Å². The minimum absolute atomic E-state index is 0.179. The quantitative estimate of drug-likeness (QED) is 0.709. The van der Waals surface area contributed by atoms with Crippen LogP contribution in [0.4, 0.5) is 0 Å². The summed E-state index contributed by atoms with van der Waals surface area (Å²) in [6.07, 6.45) is 12.4. The summed E-state index contributed by atoms with van der Waals surface area (Å²) in [5.41, 5.74) is 1.53. The van der Waals surface area contributed by atoms with Gasteiger partial charge in [0.25, 0.3) is 0 Å². The molecule has 86 valence electrons. The summed E-state index contributed by atoms with van der Waals surface area (Å²) in [4.78, 5) is 2.41. The van der Waals surface area contributed by atoms with Crippen molar-refractivity contribution >= 4 is 0 Å². The molecule has 1 heterocycles. The van der Waals surface area contributed by atoms with E-state index in [9.17, 15) is 0 Å². The second kappa shape index (κ2) is 5.09. The lowest BCUT2D eigenvalue weighted by Gasteiger charge is -2.49. The number of terminal acetylenes is 2. The van der Waals surface area contributed by atoms with Crippen molar-refractivity contribution in [2.24, 2.45) is 5.41 Å². The summed E-state index contributed by atoms with van der Waals surface area (Å²) in [7, 11) is 0. The first-order chi connectivity index (χ1) is 8.28. The molecule has 0 bridgehead atoms. The van der Waals surface area contributed by atoms with Crippen LogP contribution in [0.3, 0.4) is 0 Å². The third-order valence-corrected chi connectivity index (χ3v) is 3.32. The van der Waals surface area contributed by atoms with Gasteiger partial charge in [-0.3, -0.25) is 4.90 Å². The molecule has 1 fully saturated rings. The highest BCUT2D eigenvalue weighted by Gasteiger charge is 2.41. The zero-order valence-electron chi connectivity index (χ0n) is 10.0. The van der Waals surface area contributed by atoms with Crippen LogP contribution in [0.5, 0.6) is 0 Å². The Balaban J connectivity index is 1.90. The Morgan fingerprint density at radius 3 is 2.18 bits per heavy atom. The monoisotopic (exact) mass is 223 g/mol. The van der Waals surface area contributed by atoms with Crippen molar-refractivity contribution in [1.29, 1.82) is 0 Å². The molecule has 0 saturated carbocycles. The van der Waals surface area contributed by atoms with Crippen molar-refractivity contribution < 1.29 is 0 Å². The van der Waals surface area contributed by atoms with Gasteiger partial charge >= 0.3 is 0 Å². The van der Waals surface area contributed by atoms with E-state index >= 15 is 0 Å². The molecule has 0 amide bonds. The van der Waals surface area contributed by atoms with Crippen molar-refractivity contribution in [2.75, 3.05) is 13.1 Å². The molecule has 0 atom stereocenters. The van der Waals surface area contributed by atoms with E-state index in [1.165, 1.54) is 5.56 Å². The van der Waals surface area contributed by atoms with E-state index < -0.39 is 0 Å². The minimum atomic E-state index is 0.179. The van der Waals surface area contributed by atoms with Gasteiger partial charge in [-0.05, 0) is 5.56 Å². The van der Waals surface area contributed by atoms with E-state index in [4.69, 9.17) is 12.8 Å². The molecule has 2 rings (SSSR count). The first kappa shape index (κ1) is 11.8. The molecule has 1 saturated heterocycles. The third-order valence-electron chi connectivity index (χ3n) is 3.32. The average molecular weight is 223 g/mol. The van der Waals surface area contributed by atoms with Gasteiger partial charge < -0.3 is 0 Å². The molecule has 0 radical (unpaired) electrons. The molecule has 1 aliphatic heterocycles. The summed E-state index contributed by atoms with van der Waals surface area (Å²) in [5.74, 6) is 5.51. The predicted molar refractivity (Wildman–Crippen MR) is 71.1 cm³/mol. The smallest absolute Gasteiger partial charge is 0.0234 e. The van der Waals surface area contributed by atoms with Crippen LogP contribution in [-0.2, 0) is 6.54 Å². The fourth-order valence-electron chi connectivity index (χ4n) is 2.57. The van der Waals surface area contributed by atoms with Gasteiger partial charge in [0.05, 0.1) is 0 Å². The van der Waals surface area contributed by atoms with E-state index in [0.717, 1.165) is 32.5 Å². The molecular formula is C16H17N. The lowest BCUT2D eigenvalue weighted by Crippen LogP contribution is -2.55. The second-order valence-electron chi connectivity index (χ2n) is 4.89. The maximum atomic E-state index is 5.42. The van der Waals surface area contributed by atoms with Crippen molar-refractivity contribution in [3.8, 4) is 24.7 Å². The van der Waals surface area contributed by atoms with Gasteiger partial charge in [0.15, 0.2) is 0 Å². The van der Waals surface area contributed by atoms with Crippen LogP contribution in [0.1, 0.15) is 18.4 Å². The molecule has 0 unspecified atom stereocenters. The lowest BCUT2D eigenvalue weighted by atomic mass is 9.74. The molecule has 1 aromatic rings. The molecule has 0 spiro atoms. The second-order valence-corrected chi connectivity index (χ2v) is 4.89. The minimum Gasteiger partial charge on any atom is -0.298 e. The van der Waals surface area contributed by atoms with E-state index in [-0.39, 0.29) is 5.41 Å². The molecule has 0 aliphatic carbocycles. The Hall–Kier alpha value is -1.70. The Labute approximate surface area is 104 Å². The summed E-state index contributed by atoms with van der Waals surface area (Å²) >= 11 is 0. The third kappa shape index (κ3) is 2.70. The largest absolute Gasteiger partial charge is 0.298 e. The maximum Gasteiger partial charge on any atom is 0.0234 e. The Kier molecular flexibility index (Phi) is 3.52. The van der Waals surface area contributed by atoms with Crippen molar-refractivity contribution in [2.45, 2.75) is 19.4 Å². The fourth-order valence-corrected chi connectivity index (χ4v) is 2.57. The summed E-state index contributed by atoms with van der Waals surface area (Å²) in [6.45, 7) is 3.05. The lowest BCUT2D eigenvalue weighted by molar-refractivity contribution is 0.00195. The molecule has 0 N–H and O–H groups in total. The van der Waals surface area contributed by atoms with Gasteiger partial charge in [-0.2, -0.15) is 0 Å². The van der Waals surface area contributed by atoms with Gasteiger partial charge in [0, 0.05) is 37.9 Å². The van der Waals surface area contributed by atoms with E-state index in [1.807, 2.05) is 6.07 Å². The van der Waals surface area contributed by atoms with Gasteiger partial charge in [-0.1, -0.05) is 30.3 Å². The standard InChI is InChI=1S/C16H17N/c1-3-10-16(11-4-2)13-17(14-16)12-15-8-6-5-7-9-15/h1-2,5-9H,10-14H2. The molecule has 1 aromatic carbocycles. The zero-order valence-corrected chi connectivity index (χ0v) is 10.0. The van der Waals surface area contributed by atoms with E-state index in [0.29, 0.717) is 0 Å². The van der Waals surface area contributed by atoms with Crippen LogP contribution < -0.4 is 0 Å². The van der Waals surface area contributed by atoms with Crippen LogP contribution >= 0.6 is 0 Å². The summed E-state index contributed by atoms with van der Waals surface area (Å²) in [5, 5.41) is 0. The van der Waals surface area contributed by atoms with Crippen LogP contribution in [0.15, 0.2) is 30.3 Å². The number of likely N-dealkylation sites (tertiary alicyclic amines) is 1. The van der Waals surface area contributed by atoms with Crippen molar-refractivity contribution in [3.05, 3.63) is 35.9 Å². The molecular weight excluding hydrogens is 206 g/mol. The summed E-state index contributed by atoms with van der Waals surface area (Å²) < 4.78 is 0. The van der Waals surface area contributed by atoms with Gasteiger partial charge in [-0.15, -0.1) is 24.7 Å². The number of hydrogen-bond donors (Lipinski definition) is 0. The Morgan fingerprint density at radius 1 is 1.06 bits per heavy atom. The molecule has 0 aromatic heterocycles. The highest BCUT2D eigenvalue weighted by molar-refractivity contribution is 5.16. The maximum absolute atomic E-state index is 5.42. The SMILES string of the molecule is C#CCC1(CC#C)CN(Cc2ccccc2)C1. The molecule has 1 nitrogen and oxygen atoms in total. The molecule has 17 heavy (non-hydrogen) atoms. The van der Waals surface area contributed by atoms with Gasteiger partial charge in [0.1, 0.15) is 0 Å². The van der Waals surface area contributed by atoms with Gasteiger partial charge in [-0.25, -0.2) is 0 Å². The van der Waals surface area contributed by atoms with Crippen LogP contribution in [0.2, 0.25) is 0 Å². The van der Waals surface area contributed by atoms with Crippen LogP contribution in [-0.4, -0.2) is 18.0 Å². The van der Waals surface area contributed by atoms with Crippen molar-refractivity contribution in [3.63, 3.8) is 0 Å². The van der Waals surface area contributed by atoms with Crippen LogP contribution in [0.25, 0.3) is 0 Å². The first-order valence-corrected chi connectivity index (χ1v) is 5.91. The average Bonchev–Trinajstić information content (AvgIpc) is 2.29. The normalized spacial score (nSPS) is 17.8. The van der Waals surface area contributed by atoms with Gasteiger partial charge in [0.2, 0.25) is 0 Å². The van der Waals surface area contributed by atoms with E-state index in [1.54, 1.807) is 0 Å². The van der Waals surface area contributed by atoms with E-state index in [2.05, 4.69) is 41.0 Å². The Bertz CT molecular complexity index is 423. The zero-order chi connectivity index (χ0) is 12.1. The summed E-state index contributed by atoms with van der Waals surface area (Å²) in [6, 6.07) is 10.5. The number of benzene rings is 1. The molecule has 1 aliphatic rings. The fraction of sp³-hybridized carbons (Fsp3) is 0.375. The predicted octanol–water partition coefficient (Wildman–Crippen LogP) is 2.54. The number of hydrogen-bond acceptors (Lipinski definition) is 1. The molecule has 1 heteroatoms. The number of rotatable bonds is 4. The van der Waals surface area contributed by atoms with Crippen molar-refractivity contribution in [1.82, 2.24) is 4.90 Å². The first-order valence-electron chi connectivity index (χ1n) is 5.91. The number of nitrogens with zero attached hydrogens (tertiary/aromatic N) is 1.